The first kappa shape index (κ1) is 15.1. The Morgan fingerprint density at radius 2 is 2.16 bits per heavy atom. The van der Waals surface area contributed by atoms with Crippen molar-refractivity contribution in [1.29, 1.82) is 0 Å². The van der Waals surface area contributed by atoms with Gasteiger partial charge in [0, 0.05) is 10.5 Å². The second-order valence-electron chi connectivity index (χ2n) is 5.98. The Hall–Kier alpha value is -0.340. The van der Waals surface area contributed by atoms with Gasteiger partial charge in [0.2, 0.25) is 0 Å². The maximum Gasteiger partial charge on any atom is 0.0346 e. The predicted molar refractivity (Wildman–Crippen MR) is 86.4 cm³/mol. The third-order valence-corrected chi connectivity index (χ3v) is 5.59. The van der Waals surface area contributed by atoms with Crippen LogP contribution in [0.15, 0.2) is 22.7 Å². The molecular weight excluding hydrogens is 298 g/mol. The van der Waals surface area contributed by atoms with E-state index in [1.54, 1.807) is 0 Å². The highest BCUT2D eigenvalue weighted by molar-refractivity contribution is 9.10. The van der Waals surface area contributed by atoms with Crippen LogP contribution in [0.3, 0.4) is 0 Å². The van der Waals surface area contributed by atoms with Crippen LogP contribution in [0, 0.1) is 18.8 Å². The fraction of sp³-hybridized carbons (Fsp3) is 0.647. The molecule has 1 aliphatic carbocycles. The zero-order valence-electron chi connectivity index (χ0n) is 12.4. The van der Waals surface area contributed by atoms with Gasteiger partial charge in [0.05, 0.1) is 0 Å². The van der Waals surface area contributed by atoms with Gasteiger partial charge in [-0.3, -0.25) is 0 Å². The topological polar surface area (TPSA) is 12.0 Å². The van der Waals surface area contributed by atoms with Crippen molar-refractivity contribution in [1.82, 2.24) is 5.32 Å². The van der Waals surface area contributed by atoms with Crippen LogP contribution in [0.2, 0.25) is 0 Å². The lowest BCUT2D eigenvalue weighted by molar-refractivity contribution is 0.214. The molecule has 2 heteroatoms. The highest BCUT2D eigenvalue weighted by Gasteiger charge is 2.28. The lowest BCUT2D eigenvalue weighted by Gasteiger charge is -2.34. The lowest BCUT2D eigenvalue weighted by Crippen LogP contribution is -2.29. The standard InChI is InChI=1S/C17H26BrN/c1-4-13-6-5-7-14(10-13)17(19-3)15-9-8-12(2)16(18)11-15/h8-9,11,13-14,17,19H,4-7,10H2,1-3H3. The maximum atomic E-state index is 3.67. The highest BCUT2D eigenvalue weighted by Crippen LogP contribution is 2.38. The van der Waals surface area contributed by atoms with E-state index in [2.05, 4.69) is 60.3 Å². The van der Waals surface area contributed by atoms with E-state index in [9.17, 15) is 0 Å². The minimum Gasteiger partial charge on any atom is -0.313 e. The number of hydrogen-bond donors (Lipinski definition) is 1. The van der Waals surface area contributed by atoms with Gasteiger partial charge >= 0.3 is 0 Å². The molecule has 1 aliphatic rings. The van der Waals surface area contributed by atoms with Crippen molar-refractivity contribution in [3.05, 3.63) is 33.8 Å². The van der Waals surface area contributed by atoms with E-state index in [1.807, 2.05) is 0 Å². The fourth-order valence-electron chi connectivity index (χ4n) is 3.48. The molecule has 0 amide bonds. The molecule has 1 fully saturated rings. The number of benzene rings is 1. The molecule has 1 aromatic rings. The summed E-state index contributed by atoms with van der Waals surface area (Å²) in [5.41, 5.74) is 2.75. The quantitative estimate of drug-likeness (QED) is 0.799. The first-order valence-corrected chi connectivity index (χ1v) is 8.38. The van der Waals surface area contributed by atoms with Crippen molar-refractivity contribution >= 4 is 15.9 Å². The summed E-state index contributed by atoms with van der Waals surface area (Å²) in [5.74, 6) is 1.72. The molecule has 0 radical (unpaired) electrons. The molecule has 0 bridgehead atoms. The van der Waals surface area contributed by atoms with Gasteiger partial charge in [-0.25, -0.2) is 0 Å². The van der Waals surface area contributed by atoms with Crippen LogP contribution in [0.25, 0.3) is 0 Å². The van der Waals surface area contributed by atoms with Gasteiger partial charge < -0.3 is 5.32 Å². The van der Waals surface area contributed by atoms with Gasteiger partial charge in [0.1, 0.15) is 0 Å². The van der Waals surface area contributed by atoms with Crippen LogP contribution >= 0.6 is 15.9 Å². The smallest absolute Gasteiger partial charge is 0.0346 e. The normalized spacial score (nSPS) is 25.3. The van der Waals surface area contributed by atoms with E-state index in [0.29, 0.717) is 6.04 Å². The number of hydrogen-bond acceptors (Lipinski definition) is 1. The molecule has 0 saturated heterocycles. The van der Waals surface area contributed by atoms with E-state index in [0.717, 1.165) is 11.8 Å². The first-order chi connectivity index (χ1) is 9.15. The molecule has 2 rings (SSSR count). The van der Waals surface area contributed by atoms with E-state index in [-0.39, 0.29) is 0 Å². The van der Waals surface area contributed by atoms with Crippen LogP contribution in [0.1, 0.15) is 56.2 Å². The molecule has 1 saturated carbocycles. The maximum absolute atomic E-state index is 3.67. The van der Waals surface area contributed by atoms with Gasteiger partial charge in [0.15, 0.2) is 0 Å². The van der Waals surface area contributed by atoms with E-state index in [4.69, 9.17) is 0 Å². The van der Waals surface area contributed by atoms with Crippen molar-refractivity contribution < 1.29 is 0 Å². The van der Waals surface area contributed by atoms with E-state index < -0.39 is 0 Å². The van der Waals surface area contributed by atoms with Gasteiger partial charge in [-0.05, 0) is 55.8 Å². The molecule has 1 nitrogen and oxygen atoms in total. The minimum atomic E-state index is 0.506. The molecule has 106 valence electrons. The summed E-state index contributed by atoms with van der Waals surface area (Å²) in [5, 5.41) is 3.56. The molecule has 19 heavy (non-hydrogen) atoms. The summed E-state index contributed by atoms with van der Waals surface area (Å²) < 4.78 is 1.23. The Morgan fingerprint density at radius 1 is 1.37 bits per heavy atom. The van der Waals surface area contributed by atoms with Gasteiger partial charge in [-0.15, -0.1) is 0 Å². The monoisotopic (exact) mass is 323 g/mol. The zero-order valence-corrected chi connectivity index (χ0v) is 14.0. The number of aryl methyl sites for hydroxylation is 1. The summed E-state index contributed by atoms with van der Waals surface area (Å²) in [6.07, 6.45) is 6.92. The SMILES string of the molecule is CCC1CCCC(C(NC)c2ccc(C)c(Br)c2)C1. The molecule has 0 aromatic heterocycles. The Kier molecular flexibility index (Phi) is 5.47. The summed E-state index contributed by atoms with van der Waals surface area (Å²) in [6, 6.07) is 7.32. The average Bonchev–Trinajstić information content (AvgIpc) is 2.44. The second-order valence-corrected chi connectivity index (χ2v) is 6.83. The van der Waals surface area contributed by atoms with E-state index >= 15 is 0 Å². The molecule has 3 atom stereocenters. The second kappa shape index (κ2) is 6.90. The fourth-order valence-corrected chi connectivity index (χ4v) is 3.88. The van der Waals surface area contributed by atoms with Crippen molar-refractivity contribution in [2.24, 2.45) is 11.8 Å². The van der Waals surface area contributed by atoms with Crippen molar-refractivity contribution in [3.8, 4) is 0 Å². The Labute approximate surface area is 126 Å². The van der Waals surface area contributed by atoms with E-state index in [1.165, 1.54) is 47.7 Å². The third kappa shape index (κ3) is 3.61. The lowest BCUT2D eigenvalue weighted by atomic mass is 9.75. The number of nitrogens with one attached hydrogen (secondary N) is 1. The Balaban J connectivity index is 2.16. The predicted octanol–water partition coefficient (Wildman–Crippen LogP) is 5.23. The summed E-state index contributed by atoms with van der Waals surface area (Å²) >= 11 is 3.67. The largest absolute Gasteiger partial charge is 0.313 e. The van der Waals surface area contributed by atoms with Crippen molar-refractivity contribution in [2.45, 2.75) is 52.0 Å². The van der Waals surface area contributed by atoms with Crippen LogP contribution in [-0.2, 0) is 0 Å². The van der Waals surface area contributed by atoms with Crippen molar-refractivity contribution in [3.63, 3.8) is 0 Å². The highest BCUT2D eigenvalue weighted by atomic mass is 79.9. The molecular formula is C17H26BrN. The Morgan fingerprint density at radius 3 is 2.79 bits per heavy atom. The summed E-state index contributed by atoms with van der Waals surface area (Å²) in [7, 11) is 2.11. The van der Waals surface area contributed by atoms with Crippen LogP contribution < -0.4 is 5.32 Å². The molecule has 1 N–H and O–H groups in total. The molecule has 0 heterocycles. The first-order valence-electron chi connectivity index (χ1n) is 7.59. The third-order valence-electron chi connectivity index (χ3n) is 4.74. The molecule has 1 aromatic carbocycles. The van der Waals surface area contributed by atoms with Crippen LogP contribution in [0.4, 0.5) is 0 Å². The average molecular weight is 324 g/mol. The van der Waals surface area contributed by atoms with Gasteiger partial charge in [-0.1, -0.05) is 54.2 Å². The number of rotatable bonds is 4. The zero-order chi connectivity index (χ0) is 13.8. The number of halogens is 1. The molecule has 3 unspecified atom stereocenters. The van der Waals surface area contributed by atoms with Crippen molar-refractivity contribution in [2.75, 3.05) is 7.05 Å². The van der Waals surface area contributed by atoms with Crippen LogP contribution in [0.5, 0.6) is 0 Å². The summed E-state index contributed by atoms with van der Waals surface area (Å²) in [6.45, 7) is 4.49. The van der Waals surface area contributed by atoms with Gasteiger partial charge in [-0.2, -0.15) is 0 Å². The van der Waals surface area contributed by atoms with Gasteiger partial charge in [0.25, 0.3) is 0 Å². The molecule has 0 aliphatic heterocycles. The van der Waals surface area contributed by atoms with Crippen LogP contribution in [-0.4, -0.2) is 7.05 Å². The Bertz CT molecular complexity index is 416. The molecule has 0 spiro atoms. The summed E-state index contributed by atoms with van der Waals surface area (Å²) in [4.78, 5) is 0. The minimum absolute atomic E-state index is 0.506.